The Bertz CT molecular complexity index is 521. The maximum atomic E-state index is 11.3. The van der Waals surface area contributed by atoms with Crippen LogP contribution in [0.2, 0.25) is 0 Å². The second-order valence-electron chi connectivity index (χ2n) is 6.10. The van der Waals surface area contributed by atoms with Gasteiger partial charge in [-0.15, -0.1) is 0 Å². The quantitative estimate of drug-likeness (QED) is 0.615. The third-order valence-corrected chi connectivity index (χ3v) is 4.03. The lowest BCUT2D eigenvalue weighted by molar-refractivity contribution is -0.384. The first-order valence-corrected chi connectivity index (χ1v) is 7.02. The highest BCUT2D eigenvalue weighted by Gasteiger charge is 2.43. The Hall–Kier alpha value is -1.63. The minimum Gasteiger partial charge on any atom is -0.358 e. The van der Waals surface area contributed by atoms with Crippen LogP contribution in [0, 0.1) is 23.0 Å². The van der Waals surface area contributed by atoms with E-state index in [1.807, 2.05) is 20.8 Å². The van der Waals surface area contributed by atoms with Crippen molar-refractivity contribution >= 4 is 11.5 Å². The Morgan fingerprint density at radius 2 is 2.20 bits per heavy atom. The lowest BCUT2D eigenvalue weighted by Crippen LogP contribution is -2.45. The van der Waals surface area contributed by atoms with Gasteiger partial charge in [0.2, 0.25) is 5.82 Å². The van der Waals surface area contributed by atoms with Crippen LogP contribution in [-0.4, -0.2) is 26.8 Å². The number of nitrogens with zero attached hydrogens (tertiary/aromatic N) is 3. The highest BCUT2D eigenvalue weighted by Crippen LogP contribution is 2.43. The van der Waals surface area contributed by atoms with Crippen LogP contribution in [0.25, 0.3) is 0 Å². The molecular weight excluding hydrogens is 258 g/mol. The van der Waals surface area contributed by atoms with Crippen LogP contribution in [0.1, 0.15) is 45.3 Å². The van der Waals surface area contributed by atoms with E-state index in [1.54, 1.807) is 11.6 Å². The molecule has 0 bridgehead atoms. The van der Waals surface area contributed by atoms with E-state index >= 15 is 0 Å². The molecule has 2 rings (SSSR count). The Kier molecular flexibility index (Phi) is 3.73. The van der Waals surface area contributed by atoms with Gasteiger partial charge in [-0.2, -0.15) is 5.10 Å². The third kappa shape index (κ3) is 2.49. The Morgan fingerprint density at radius 3 is 2.60 bits per heavy atom. The van der Waals surface area contributed by atoms with Crippen molar-refractivity contribution in [1.82, 2.24) is 9.78 Å². The van der Waals surface area contributed by atoms with Crippen LogP contribution >= 0.6 is 0 Å². The van der Waals surface area contributed by atoms with Gasteiger partial charge in [0.25, 0.3) is 0 Å². The van der Waals surface area contributed by atoms with E-state index in [9.17, 15) is 10.1 Å². The topological polar surface area (TPSA) is 99.0 Å². The molecule has 112 valence electrons. The summed E-state index contributed by atoms with van der Waals surface area (Å²) in [7, 11) is 0. The van der Waals surface area contributed by atoms with Crippen LogP contribution in [0.4, 0.5) is 11.5 Å². The van der Waals surface area contributed by atoms with E-state index in [0.29, 0.717) is 24.0 Å². The average Bonchev–Trinajstić information content (AvgIpc) is 3.14. The molecule has 20 heavy (non-hydrogen) atoms. The summed E-state index contributed by atoms with van der Waals surface area (Å²) in [5.74, 6) is 0.949. The van der Waals surface area contributed by atoms with Gasteiger partial charge in [-0.25, -0.2) is 4.68 Å². The van der Waals surface area contributed by atoms with Crippen molar-refractivity contribution in [2.75, 3.05) is 11.9 Å². The summed E-state index contributed by atoms with van der Waals surface area (Å²) in [5.41, 5.74) is 6.06. The lowest BCUT2D eigenvalue weighted by atomic mass is 9.96. The Balaban J connectivity index is 2.45. The average molecular weight is 281 g/mol. The molecule has 1 fully saturated rings. The molecular formula is C13H23N5O2. The summed E-state index contributed by atoms with van der Waals surface area (Å²) in [6.45, 7) is 8.05. The summed E-state index contributed by atoms with van der Waals surface area (Å²) >= 11 is 0. The van der Waals surface area contributed by atoms with Gasteiger partial charge in [0.1, 0.15) is 5.69 Å². The number of rotatable bonds is 6. The molecule has 1 aliphatic rings. The predicted molar refractivity (Wildman–Crippen MR) is 77.8 cm³/mol. The molecule has 0 aromatic carbocycles. The first-order chi connectivity index (χ1) is 9.30. The number of hydrogen-bond donors (Lipinski definition) is 2. The van der Waals surface area contributed by atoms with Crippen LogP contribution in [0.5, 0.6) is 0 Å². The standard InChI is InChI=1S/C13H23N5O2/c1-8(2)17-12(11(18(19)20)9(3)16-17)15-13(4,7-14)10-5-6-10/h8,10,15H,5-7,14H2,1-4H3. The normalized spacial score (nSPS) is 18.1. The Morgan fingerprint density at radius 1 is 1.60 bits per heavy atom. The minimum atomic E-state index is -0.368. The molecule has 1 saturated carbocycles. The van der Waals surface area contributed by atoms with Gasteiger partial charge in [-0.1, -0.05) is 0 Å². The van der Waals surface area contributed by atoms with E-state index in [2.05, 4.69) is 10.4 Å². The molecule has 0 saturated heterocycles. The van der Waals surface area contributed by atoms with Gasteiger partial charge in [-0.05, 0) is 46.5 Å². The molecule has 1 aliphatic carbocycles. The molecule has 1 unspecified atom stereocenters. The molecule has 0 amide bonds. The maximum absolute atomic E-state index is 11.3. The van der Waals surface area contributed by atoms with E-state index in [0.717, 1.165) is 12.8 Å². The molecule has 1 aromatic heterocycles. The fourth-order valence-corrected chi connectivity index (χ4v) is 2.56. The third-order valence-electron chi connectivity index (χ3n) is 4.03. The van der Waals surface area contributed by atoms with Crippen molar-refractivity contribution in [3.05, 3.63) is 15.8 Å². The molecule has 7 nitrogen and oxygen atoms in total. The highest BCUT2D eigenvalue weighted by molar-refractivity contribution is 5.61. The summed E-state index contributed by atoms with van der Waals surface area (Å²) < 4.78 is 1.68. The Labute approximate surface area is 118 Å². The van der Waals surface area contributed by atoms with Gasteiger partial charge in [0.05, 0.1) is 10.5 Å². The zero-order valence-corrected chi connectivity index (χ0v) is 12.5. The largest absolute Gasteiger partial charge is 0.358 e. The predicted octanol–water partition coefficient (Wildman–Crippen LogP) is 2.22. The van der Waals surface area contributed by atoms with Gasteiger partial charge in [-0.3, -0.25) is 10.1 Å². The smallest absolute Gasteiger partial charge is 0.333 e. The molecule has 0 aliphatic heterocycles. The second-order valence-corrected chi connectivity index (χ2v) is 6.10. The van der Waals surface area contributed by atoms with E-state index < -0.39 is 0 Å². The van der Waals surface area contributed by atoms with Crippen LogP contribution in [0.3, 0.4) is 0 Å². The maximum Gasteiger partial charge on any atom is 0.333 e. The minimum absolute atomic E-state index is 0.0473. The fraction of sp³-hybridized carbons (Fsp3) is 0.769. The van der Waals surface area contributed by atoms with E-state index in [1.165, 1.54) is 0 Å². The SMILES string of the molecule is Cc1nn(C(C)C)c(NC(C)(CN)C2CC2)c1[N+](=O)[O-]. The lowest BCUT2D eigenvalue weighted by Gasteiger charge is -2.30. The van der Waals surface area contributed by atoms with Crippen molar-refractivity contribution in [2.45, 2.75) is 52.1 Å². The van der Waals surface area contributed by atoms with Crippen LogP contribution in [0.15, 0.2) is 0 Å². The number of nitro groups is 1. The monoisotopic (exact) mass is 281 g/mol. The van der Waals surface area contributed by atoms with Gasteiger partial charge in [0, 0.05) is 12.6 Å². The molecule has 1 heterocycles. The van der Waals surface area contributed by atoms with Crippen molar-refractivity contribution in [3.63, 3.8) is 0 Å². The highest BCUT2D eigenvalue weighted by atomic mass is 16.6. The number of aromatic nitrogens is 2. The number of anilines is 1. The van der Waals surface area contributed by atoms with Gasteiger partial charge in [0.15, 0.2) is 0 Å². The zero-order chi connectivity index (χ0) is 15.1. The summed E-state index contributed by atoms with van der Waals surface area (Å²) in [6, 6.07) is 0.0473. The van der Waals surface area contributed by atoms with E-state index in [4.69, 9.17) is 5.73 Å². The van der Waals surface area contributed by atoms with Crippen LogP contribution < -0.4 is 11.1 Å². The first-order valence-electron chi connectivity index (χ1n) is 7.02. The molecule has 0 spiro atoms. The number of nitrogens with two attached hydrogens (primary N) is 1. The van der Waals surface area contributed by atoms with Crippen molar-refractivity contribution in [3.8, 4) is 0 Å². The number of aryl methyl sites for hydroxylation is 1. The summed E-state index contributed by atoms with van der Waals surface area (Å²) in [6.07, 6.45) is 2.23. The number of nitrogens with one attached hydrogen (secondary N) is 1. The summed E-state index contributed by atoms with van der Waals surface area (Å²) in [5, 5.41) is 18.9. The fourth-order valence-electron chi connectivity index (χ4n) is 2.56. The molecule has 1 atom stereocenters. The molecule has 3 N–H and O–H groups in total. The van der Waals surface area contributed by atoms with Gasteiger partial charge < -0.3 is 11.1 Å². The first kappa shape index (κ1) is 14.8. The molecule has 1 aromatic rings. The van der Waals surface area contributed by atoms with Crippen molar-refractivity contribution in [2.24, 2.45) is 11.7 Å². The van der Waals surface area contributed by atoms with Crippen LogP contribution in [-0.2, 0) is 0 Å². The van der Waals surface area contributed by atoms with Gasteiger partial charge >= 0.3 is 5.69 Å². The van der Waals surface area contributed by atoms with Crippen molar-refractivity contribution < 1.29 is 4.92 Å². The number of hydrogen-bond acceptors (Lipinski definition) is 5. The van der Waals surface area contributed by atoms with E-state index in [-0.39, 0.29) is 22.2 Å². The molecule has 0 radical (unpaired) electrons. The zero-order valence-electron chi connectivity index (χ0n) is 12.5. The van der Waals surface area contributed by atoms with Crippen molar-refractivity contribution in [1.29, 1.82) is 0 Å². The molecule has 7 heteroatoms. The second kappa shape index (κ2) is 5.05. The summed E-state index contributed by atoms with van der Waals surface area (Å²) in [4.78, 5) is 11.0.